The van der Waals surface area contributed by atoms with Crippen molar-refractivity contribution in [1.29, 1.82) is 0 Å². The van der Waals surface area contributed by atoms with Crippen LogP contribution in [0.15, 0.2) is 30.3 Å². The third kappa shape index (κ3) is 2.84. The van der Waals surface area contributed by atoms with Gasteiger partial charge in [0, 0.05) is 0 Å². The van der Waals surface area contributed by atoms with Gasteiger partial charge in [0.05, 0.1) is 3.74 Å². The highest BCUT2D eigenvalue weighted by molar-refractivity contribution is 9.24. The molecule has 0 nitrogen and oxygen atoms in total. The van der Waals surface area contributed by atoms with Crippen LogP contribution in [0.25, 0.3) is 0 Å². The van der Waals surface area contributed by atoms with Crippen LogP contribution in [-0.2, 0) is 6.42 Å². The van der Waals surface area contributed by atoms with Crippen LogP contribution < -0.4 is 0 Å². The van der Waals surface area contributed by atoms with E-state index in [1.165, 1.54) is 5.56 Å². The second kappa shape index (κ2) is 4.14. The van der Waals surface area contributed by atoms with E-state index in [4.69, 9.17) is 0 Å². The first kappa shape index (κ1) is 8.28. The first-order chi connectivity index (χ1) is 4.79. The second-order valence-electron chi connectivity index (χ2n) is 2.08. The van der Waals surface area contributed by atoms with Crippen molar-refractivity contribution in [1.82, 2.24) is 0 Å². The molecule has 0 aliphatic heterocycles. The van der Waals surface area contributed by atoms with Gasteiger partial charge in [0.1, 0.15) is 0 Å². The summed E-state index contributed by atoms with van der Waals surface area (Å²) in [6, 6.07) is 10.4. The fraction of sp³-hybridized carbons (Fsp3) is 0.250. The van der Waals surface area contributed by atoms with Crippen molar-refractivity contribution in [3.05, 3.63) is 35.9 Å². The maximum atomic E-state index is 3.43. The van der Waals surface area contributed by atoms with Crippen molar-refractivity contribution >= 4 is 31.9 Å². The summed E-state index contributed by atoms with van der Waals surface area (Å²) in [4.78, 5) is 0. The van der Waals surface area contributed by atoms with Crippen molar-refractivity contribution < 1.29 is 0 Å². The molecule has 2 heteroatoms. The predicted molar refractivity (Wildman–Crippen MR) is 51.8 cm³/mol. The molecule has 0 aromatic heterocycles. The minimum absolute atomic E-state index is 0.391. The minimum atomic E-state index is 0.391. The number of alkyl halides is 2. The fourth-order valence-corrected chi connectivity index (χ4v) is 1.54. The summed E-state index contributed by atoms with van der Waals surface area (Å²) in [7, 11) is 0. The molecular weight excluding hydrogens is 256 g/mol. The van der Waals surface area contributed by atoms with Gasteiger partial charge in [-0.25, -0.2) is 0 Å². The van der Waals surface area contributed by atoms with Gasteiger partial charge in [-0.3, -0.25) is 0 Å². The van der Waals surface area contributed by atoms with Crippen molar-refractivity contribution in [2.45, 2.75) is 10.2 Å². The number of benzene rings is 1. The van der Waals surface area contributed by atoms with Crippen LogP contribution >= 0.6 is 31.9 Å². The zero-order valence-electron chi connectivity index (χ0n) is 5.43. The molecule has 54 valence electrons. The van der Waals surface area contributed by atoms with E-state index in [1.54, 1.807) is 0 Å². The predicted octanol–water partition coefficient (Wildman–Crippen LogP) is 3.35. The molecule has 0 saturated heterocycles. The lowest BCUT2D eigenvalue weighted by Crippen LogP contribution is -1.91. The highest BCUT2D eigenvalue weighted by atomic mass is 79.9. The quantitative estimate of drug-likeness (QED) is 0.718. The van der Waals surface area contributed by atoms with Crippen molar-refractivity contribution in [2.75, 3.05) is 0 Å². The van der Waals surface area contributed by atoms with Gasteiger partial charge in [0.15, 0.2) is 0 Å². The molecule has 1 aromatic carbocycles. The summed E-state index contributed by atoms with van der Waals surface area (Å²) in [5.41, 5.74) is 1.35. The molecule has 0 aliphatic rings. The van der Waals surface area contributed by atoms with Crippen molar-refractivity contribution in [3.63, 3.8) is 0 Å². The van der Waals surface area contributed by atoms with E-state index >= 15 is 0 Å². The molecule has 0 fully saturated rings. The van der Waals surface area contributed by atoms with E-state index in [1.807, 2.05) is 6.07 Å². The summed E-state index contributed by atoms with van der Waals surface area (Å²) in [5, 5.41) is 0. The van der Waals surface area contributed by atoms with Gasteiger partial charge in [-0.05, 0) is 12.0 Å². The Bertz CT molecular complexity index is 182. The summed E-state index contributed by atoms with van der Waals surface area (Å²) in [6.07, 6.45) is 1.03. The first-order valence-corrected chi connectivity index (χ1v) is 4.94. The lowest BCUT2D eigenvalue weighted by Gasteiger charge is -1.99. The SMILES string of the molecule is BrC(Br)Cc1ccccc1. The maximum absolute atomic E-state index is 3.43. The van der Waals surface area contributed by atoms with Gasteiger partial charge in [-0.15, -0.1) is 0 Å². The van der Waals surface area contributed by atoms with Crippen LogP contribution in [-0.4, -0.2) is 3.74 Å². The number of hydrogen-bond acceptors (Lipinski definition) is 0. The summed E-state index contributed by atoms with van der Waals surface area (Å²) in [6.45, 7) is 0. The number of rotatable bonds is 2. The molecular formula is C8H8Br2. The number of hydrogen-bond donors (Lipinski definition) is 0. The average molecular weight is 264 g/mol. The van der Waals surface area contributed by atoms with E-state index in [2.05, 4.69) is 56.1 Å². The Labute approximate surface area is 77.9 Å². The second-order valence-corrected chi connectivity index (χ2v) is 5.52. The van der Waals surface area contributed by atoms with E-state index in [9.17, 15) is 0 Å². The third-order valence-electron chi connectivity index (χ3n) is 1.23. The lowest BCUT2D eigenvalue weighted by atomic mass is 10.2. The standard InChI is InChI=1S/C8H8Br2/c9-8(10)6-7-4-2-1-3-5-7/h1-5,8H,6H2. The van der Waals surface area contributed by atoms with Gasteiger partial charge in [-0.2, -0.15) is 0 Å². The minimum Gasteiger partial charge on any atom is -0.0761 e. The number of halogens is 2. The zero-order chi connectivity index (χ0) is 7.40. The lowest BCUT2D eigenvalue weighted by molar-refractivity contribution is 1.13. The first-order valence-electron chi connectivity index (χ1n) is 3.11. The van der Waals surface area contributed by atoms with Crippen LogP contribution in [0.1, 0.15) is 5.56 Å². The normalized spacial score (nSPS) is 10.3. The van der Waals surface area contributed by atoms with Gasteiger partial charge < -0.3 is 0 Å². The van der Waals surface area contributed by atoms with Gasteiger partial charge in [0.2, 0.25) is 0 Å². The molecule has 0 amide bonds. The van der Waals surface area contributed by atoms with E-state index in [0.29, 0.717) is 3.74 Å². The summed E-state index contributed by atoms with van der Waals surface area (Å²) >= 11 is 6.86. The highest BCUT2D eigenvalue weighted by Gasteiger charge is 1.97. The fourth-order valence-electron chi connectivity index (χ4n) is 0.792. The maximum Gasteiger partial charge on any atom is 0.0738 e. The largest absolute Gasteiger partial charge is 0.0761 e. The van der Waals surface area contributed by atoms with Gasteiger partial charge in [-0.1, -0.05) is 62.2 Å². The van der Waals surface area contributed by atoms with E-state index in [-0.39, 0.29) is 0 Å². The molecule has 0 aliphatic carbocycles. The van der Waals surface area contributed by atoms with Gasteiger partial charge >= 0.3 is 0 Å². The molecule has 10 heavy (non-hydrogen) atoms. The molecule has 0 spiro atoms. The molecule has 0 N–H and O–H groups in total. The average Bonchev–Trinajstić information content (AvgIpc) is 1.88. The third-order valence-corrected chi connectivity index (χ3v) is 1.88. The molecule has 1 aromatic rings. The van der Waals surface area contributed by atoms with Crippen molar-refractivity contribution in [3.8, 4) is 0 Å². The highest BCUT2D eigenvalue weighted by Crippen LogP contribution is 2.14. The van der Waals surface area contributed by atoms with E-state index in [0.717, 1.165) is 6.42 Å². The molecule has 0 saturated carbocycles. The van der Waals surface area contributed by atoms with Crippen LogP contribution in [0.3, 0.4) is 0 Å². The van der Waals surface area contributed by atoms with Gasteiger partial charge in [0.25, 0.3) is 0 Å². The smallest absolute Gasteiger partial charge is 0.0738 e. The molecule has 0 atom stereocenters. The topological polar surface area (TPSA) is 0 Å². The Morgan fingerprint density at radius 2 is 1.70 bits per heavy atom. The Balaban J connectivity index is 2.59. The molecule has 1 rings (SSSR count). The monoisotopic (exact) mass is 262 g/mol. The molecule has 0 radical (unpaired) electrons. The molecule has 0 bridgehead atoms. The zero-order valence-corrected chi connectivity index (χ0v) is 8.60. The Hall–Kier alpha value is 0.180. The van der Waals surface area contributed by atoms with Crippen LogP contribution in [0.2, 0.25) is 0 Å². The Morgan fingerprint density at radius 3 is 2.20 bits per heavy atom. The Morgan fingerprint density at radius 1 is 1.10 bits per heavy atom. The van der Waals surface area contributed by atoms with E-state index < -0.39 is 0 Å². The Kier molecular flexibility index (Phi) is 3.43. The summed E-state index contributed by atoms with van der Waals surface area (Å²) < 4.78 is 0.391. The molecule has 0 unspecified atom stereocenters. The summed E-state index contributed by atoms with van der Waals surface area (Å²) in [5.74, 6) is 0. The van der Waals surface area contributed by atoms with Crippen LogP contribution in [0.5, 0.6) is 0 Å². The van der Waals surface area contributed by atoms with Crippen LogP contribution in [0, 0.1) is 0 Å². The van der Waals surface area contributed by atoms with Crippen molar-refractivity contribution in [2.24, 2.45) is 0 Å². The van der Waals surface area contributed by atoms with Crippen LogP contribution in [0.4, 0.5) is 0 Å². The molecule has 0 heterocycles.